The molecule has 1 unspecified atom stereocenters. The minimum absolute atomic E-state index is 0.0247. The molecule has 0 spiro atoms. The Labute approximate surface area is 108 Å². The van der Waals surface area contributed by atoms with Crippen LogP contribution in [0, 0.1) is 0 Å². The summed E-state index contributed by atoms with van der Waals surface area (Å²) in [5.41, 5.74) is 0.675. The third-order valence-electron chi connectivity index (χ3n) is 2.41. The largest absolute Gasteiger partial charge is 0.385 e. The van der Waals surface area contributed by atoms with Crippen molar-refractivity contribution in [1.29, 1.82) is 0 Å². The quantitative estimate of drug-likeness (QED) is 0.854. The Kier molecular flexibility index (Phi) is 4.98. The van der Waals surface area contributed by atoms with E-state index in [4.69, 9.17) is 11.6 Å². The van der Waals surface area contributed by atoms with Gasteiger partial charge in [-0.1, -0.05) is 18.5 Å². The summed E-state index contributed by atoms with van der Waals surface area (Å²) in [5, 5.41) is 18.1. The molecule has 17 heavy (non-hydrogen) atoms. The smallest absolute Gasteiger partial charge is 0.110 e. The number of aliphatic hydroxyl groups excluding tert-OH is 1. The van der Waals surface area contributed by atoms with Gasteiger partial charge >= 0.3 is 0 Å². The lowest BCUT2D eigenvalue weighted by atomic mass is 10.1. The minimum atomic E-state index is -0.629. The summed E-state index contributed by atoms with van der Waals surface area (Å²) in [7, 11) is 0. The molecule has 5 heteroatoms. The highest BCUT2D eigenvalue weighted by Gasteiger charge is 2.19. The van der Waals surface area contributed by atoms with Gasteiger partial charge in [0.05, 0.1) is 16.9 Å². The zero-order chi connectivity index (χ0) is 13.1. The van der Waals surface area contributed by atoms with Crippen LogP contribution >= 0.6 is 11.6 Å². The highest BCUT2D eigenvalue weighted by molar-refractivity contribution is 6.31. The normalized spacial score (nSPS) is 14.0. The Hall–Kier alpha value is -0.580. The topological polar surface area (TPSA) is 50.1 Å². The number of hydrogen-bond donors (Lipinski definition) is 2. The number of halogens is 1. The first-order chi connectivity index (χ1) is 7.85. The van der Waals surface area contributed by atoms with Crippen molar-refractivity contribution in [3.05, 3.63) is 16.9 Å². The van der Waals surface area contributed by atoms with E-state index in [1.165, 1.54) is 0 Å². The summed E-state index contributed by atoms with van der Waals surface area (Å²) in [4.78, 5) is 0. The third-order valence-corrected chi connectivity index (χ3v) is 2.70. The van der Waals surface area contributed by atoms with E-state index in [0.29, 0.717) is 17.3 Å². The maximum atomic E-state index is 10.2. The van der Waals surface area contributed by atoms with Gasteiger partial charge < -0.3 is 10.4 Å². The first kappa shape index (κ1) is 14.5. The van der Waals surface area contributed by atoms with Crippen molar-refractivity contribution in [3.8, 4) is 0 Å². The van der Waals surface area contributed by atoms with E-state index in [1.807, 2.05) is 0 Å². The van der Waals surface area contributed by atoms with Gasteiger partial charge in [-0.3, -0.25) is 4.68 Å². The average molecular weight is 260 g/mol. The van der Waals surface area contributed by atoms with E-state index < -0.39 is 6.10 Å². The Balaban J connectivity index is 2.73. The van der Waals surface area contributed by atoms with Crippen molar-refractivity contribution in [2.45, 2.75) is 52.3 Å². The maximum Gasteiger partial charge on any atom is 0.110 e. The van der Waals surface area contributed by atoms with Crippen LogP contribution in [-0.2, 0) is 6.54 Å². The van der Waals surface area contributed by atoms with Crippen LogP contribution in [-0.4, -0.2) is 27.0 Å². The molecule has 1 heterocycles. The van der Waals surface area contributed by atoms with Crippen LogP contribution in [0.25, 0.3) is 0 Å². The third kappa shape index (κ3) is 4.30. The summed E-state index contributed by atoms with van der Waals surface area (Å²) < 4.78 is 1.78. The fourth-order valence-electron chi connectivity index (χ4n) is 1.59. The molecule has 0 saturated heterocycles. The molecule has 0 aliphatic carbocycles. The van der Waals surface area contributed by atoms with E-state index in [0.717, 1.165) is 13.0 Å². The molecular weight excluding hydrogens is 238 g/mol. The van der Waals surface area contributed by atoms with Crippen molar-refractivity contribution < 1.29 is 5.11 Å². The number of nitrogens with zero attached hydrogens (tertiary/aromatic N) is 2. The van der Waals surface area contributed by atoms with Crippen molar-refractivity contribution >= 4 is 11.6 Å². The second-order valence-electron chi connectivity index (χ2n) is 5.25. The number of aliphatic hydroxyl groups is 1. The van der Waals surface area contributed by atoms with Crippen LogP contribution < -0.4 is 5.32 Å². The molecular formula is C12H22ClN3O. The van der Waals surface area contributed by atoms with E-state index in [-0.39, 0.29) is 5.54 Å². The van der Waals surface area contributed by atoms with Crippen LogP contribution in [0.4, 0.5) is 0 Å². The number of aromatic nitrogens is 2. The molecule has 1 aromatic heterocycles. The van der Waals surface area contributed by atoms with Gasteiger partial charge in [-0.05, 0) is 27.2 Å². The van der Waals surface area contributed by atoms with Crippen LogP contribution in [0.1, 0.15) is 45.9 Å². The van der Waals surface area contributed by atoms with E-state index in [2.05, 4.69) is 38.1 Å². The standard InChI is InChI=1S/C12H22ClN3O/c1-5-6-16-11(9(13)7-15-16)10(17)8-14-12(2,3)4/h7,10,14,17H,5-6,8H2,1-4H3. The molecule has 0 amide bonds. The van der Waals surface area contributed by atoms with Crippen molar-refractivity contribution in [1.82, 2.24) is 15.1 Å². The zero-order valence-electron chi connectivity index (χ0n) is 11.0. The Morgan fingerprint density at radius 1 is 1.53 bits per heavy atom. The molecule has 4 nitrogen and oxygen atoms in total. The molecule has 0 radical (unpaired) electrons. The summed E-state index contributed by atoms with van der Waals surface area (Å²) in [5.74, 6) is 0. The summed E-state index contributed by atoms with van der Waals surface area (Å²) >= 11 is 6.05. The number of β-amino-alcohol motifs (C(OH)–C–C–N with tert-alkyl or cyclic N) is 1. The van der Waals surface area contributed by atoms with E-state index in [1.54, 1.807) is 10.9 Å². The number of rotatable bonds is 5. The van der Waals surface area contributed by atoms with Gasteiger partial charge in [-0.2, -0.15) is 5.10 Å². The van der Waals surface area contributed by atoms with Gasteiger partial charge in [0.15, 0.2) is 0 Å². The van der Waals surface area contributed by atoms with Gasteiger partial charge in [-0.25, -0.2) is 0 Å². The molecule has 1 aromatic rings. The minimum Gasteiger partial charge on any atom is -0.385 e. The first-order valence-electron chi connectivity index (χ1n) is 5.99. The van der Waals surface area contributed by atoms with Crippen molar-refractivity contribution in [2.24, 2.45) is 0 Å². The average Bonchev–Trinajstić information content (AvgIpc) is 2.56. The Morgan fingerprint density at radius 2 is 2.18 bits per heavy atom. The molecule has 0 aliphatic rings. The van der Waals surface area contributed by atoms with Gasteiger partial charge in [0, 0.05) is 18.6 Å². The second kappa shape index (κ2) is 5.85. The van der Waals surface area contributed by atoms with Gasteiger partial charge in [-0.15, -0.1) is 0 Å². The molecule has 0 aliphatic heterocycles. The predicted octanol–water partition coefficient (Wildman–Crippen LogP) is 2.37. The molecule has 0 fully saturated rings. The molecule has 98 valence electrons. The summed E-state index contributed by atoms with van der Waals surface area (Å²) in [6.07, 6.45) is 1.92. The number of nitrogens with one attached hydrogen (secondary N) is 1. The number of hydrogen-bond acceptors (Lipinski definition) is 3. The van der Waals surface area contributed by atoms with Crippen LogP contribution in [0.15, 0.2) is 6.20 Å². The molecule has 2 N–H and O–H groups in total. The van der Waals surface area contributed by atoms with Crippen molar-refractivity contribution in [3.63, 3.8) is 0 Å². The van der Waals surface area contributed by atoms with Crippen LogP contribution in [0.5, 0.6) is 0 Å². The van der Waals surface area contributed by atoms with Crippen LogP contribution in [0.3, 0.4) is 0 Å². The fraction of sp³-hybridized carbons (Fsp3) is 0.750. The summed E-state index contributed by atoms with van der Waals surface area (Å²) in [6, 6.07) is 0. The molecule has 1 atom stereocenters. The highest BCUT2D eigenvalue weighted by atomic mass is 35.5. The lowest BCUT2D eigenvalue weighted by Gasteiger charge is -2.23. The molecule has 0 bridgehead atoms. The SMILES string of the molecule is CCCn1ncc(Cl)c1C(O)CNC(C)(C)C. The molecule has 1 rings (SSSR count). The van der Waals surface area contributed by atoms with Gasteiger partial charge in [0.25, 0.3) is 0 Å². The van der Waals surface area contributed by atoms with Crippen LogP contribution in [0.2, 0.25) is 5.02 Å². The lowest BCUT2D eigenvalue weighted by Crippen LogP contribution is -2.39. The van der Waals surface area contributed by atoms with Gasteiger partial charge in [0.1, 0.15) is 6.10 Å². The fourth-order valence-corrected chi connectivity index (χ4v) is 1.86. The second-order valence-corrected chi connectivity index (χ2v) is 5.65. The van der Waals surface area contributed by atoms with E-state index >= 15 is 0 Å². The molecule has 0 saturated carbocycles. The predicted molar refractivity (Wildman–Crippen MR) is 70.2 cm³/mol. The lowest BCUT2D eigenvalue weighted by molar-refractivity contribution is 0.153. The summed E-state index contributed by atoms with van der Waals surface area (Å²) in [6.45, 7) is 9.49. The monoisotopic (exact) mass is 259 g/mol. The Morgan fingerprint density at radius 3 is 2.71 bits per heavy atom. The maximum absolute atomic E-state index is 10.2. The highest BCUT2D eigenvalue weighted by Crippen LogP contribution is 2.23. The van der Waals surface area contributed by atoms with Gasteiger partial charge in [0.2, 0.25) is 0 Å². The zero-order valence-corrected chi connectivity index (χ0v) is 11.8. The number of aryl methyl sites for hydroxylation is 1. The Bertz CT molecular complexity index is 357. The van der Waals surface area contributed by atoms with E-state index in [9.17, 15) is 5.11 Å². The first-order valence-corrected chi connectivity index (χ1v) is 6.37. The van der Waals surface area contributed by atoms with Crippen molar-refractivity contribution in [2.75, 3.05) is 6.54 Å². The molecule has 0 aromatic carbocycles.